The van der Waals surface area contributed by atoms with Gasteiger partial charge in [0.15, 0.2) is 0 Å². The molecule has 14 heavy (non-hydrogen) atoms. The maximum absolute atomic E-state index is 11.2. The van der Waals surface area contributed by atoms with E-state index in [2.05, 4.69) is 0 Å². The van der Waals surface area contributed by atoms with Crippen LogP contribution in [0.4, 0.5) is 0 Å². The van der Waals surface area contributed by atoms with E-state index in [-0.39, 0.29) is 17.2 Å². The van der Waals surface area contributed by atoms with E-state index in [0.717, 1.165) is 25.8 Å². The summed E-state index contributed by atoms with van der Waals surface area (Å²) >= 11 is 0. The van der Waals surface area contributed by atoms with E-state index >= 15 is 0 Å². The zero-order chi connectivity index (χ0) is 10.3. The molecule has 1 spiro atoms. The number of amides is 1. The summed E-state index contributed by atoms with van der Waals surface area (Å²) in [4.78, 5) is 23.8. The predicted octanol–water partition coefficient (Wildman–Crippen LogP) is 0.720. The van der Waals surface area contributed by atoms with E-state index in [9.17, 15) is 9.59 Å². The normalized spacial score (nSPS) is 28.9. The van der Waals surface area contributed by atoms with E-state index in [1.54, 1.807) is 4.90 Å². The predicted molar refractivity (Wildman–Crippen MR) is 49.7 cm³/mol. The third-order valence-electron chi connectivity index (χ3n) is 3.40. The van der Waals surface area contributed by atoms with Crippen molar-refractivity contribution in [3.8, 4) is 0 Å². The first kappa shape index (κ1) is 9.49. The Kier molecular flexibility index (Phi) is 2.01. The average Bonchev–Trinajstić information content (AvgIpc) is 2.83. The van der Waals surface area contributed by atoms with Crippen LogP contribution in [0, 0.1) is 11.3 Å². The zero-order valence-electron chi connectivity index (χ0n) is 8.32. The van der Waals surface area contributed by atoms with E-state index < -0.39 is 5.97 Å². The zero-order valence-corrected chi connectivity index (χ0v) is 8.32. The molecule has 1 saturated carbocycles. The molecule has 0 bridgehead atoms. The lowest BCUT2D eigenvalue weighted by atomic mass is 9.86. The highest BCUT2D eigenvalue weighted by Crippen LogP contribution is 2.53. The van der Waals surface area contributed by atoms with Crippen LogP contribution in [0.1, 0.15) is 26.2 Å². The molecule has 4 heteroatoms. The van der Waals surface area contributed by atoms with E-state index in [1.165, 1.54) is 6.92 Å². The Balaban J connectivity index is 2.10. The monoisotopic (exact) mass is 197 g/mol. The number of rotatable bonds is 1. The number of piperidine rings is 1. The van der Waals surface area contributed by atoms with Crippen LogP contribution in [-0.4, -0.2) is 35.0 Å². The molecule has 1 heterocycles. The summed E-state index contributed by atoms with van der Waals surface area (Å²) in [6.45, 7) is 2.68. The summed E-state index contributed by atoms with van der Waals surface area (Å²) in [6, 6.07) is 0. The molecule has 1 aliphatic carbocycles. The quantitative estimate of drug-likeness (QED) is 0.673. The molecule has 1 unspecified atom stereocenters. The summed E-state index contributed by atoms with van der Waals surface area (Å²) in [7, 11) is 0. The Bertz CT molecular complexity index is 259. The first-order valence-electron chi connectivity index (χ1n) is 5.01. The van der Waals surface area contributed by atoms with Crippen LogP contribution >= 0.6 is 0 Å². The van der Waals surface area contributed by atoms with Gasteiger partial charge in [0, 0.05) is 20.0 Å². The van der Waals surface area contributed by atoms with Gasteiger partial charge in [-0.25, -0.2) is 0 Å². The Hall–Kier alpha value is -1.06. The average molecular weight is 197 g/mol. The van der Waals surface area contributed by atoms with Crippen molar-refractivity contribution in [2.24, 2.45) is 11.3 Å². The van der Waals surface area contributed by atoms with Crippen LogP contribution < -0.4 is 0 Å². The van der Waals surface area contributed by atoms with Crippen LogP contribution in [0.5, 0.6) is 0 Å². The molecule has 1 amide bonds. The standard InChI is InChI=1S/C10H15NO3/c1-7(12)11-5-8(9(13)14)4-10(6-11)2-3-10/h8H,2-6H2,1H3,(H,13,14). The highest BCUT2D eigenvalue weighted by Gasteiger charge is 2.50. The van der Waals surface area contributed by atoms with Crippen molar-refractivity contribution in [2.75, 3.05) is 13.1 Å². The Labute approximate surface area is 82.9 Å². The minimum Gasteiger partial charge on any atom is -0.481 e. The van der Waals surface area contributed by atoms with Crippen molar-refractivity contribution in [3.63, 3.8) is 0 Å². The lowest BCUT2D eigenvalue weighted by Gasteiger charge is -2.35. The van der Waals surface area contributed by atoms with Crippen molar-refractivity contribution >= 4 is 11.9 Å². The molecule has 2 aliphatic rings. The van der Waals surface area contributed by atoms with Crippen LogP contribution in [0.3, 0.4) is 0 Å². The minimum absolute atomic E-state index is 0.00206. The van der Waals surface area contributed by atoms with Crippen molar-refractivity contribution in [2.45, 2.75) is 26.2 Å². The van der Waals surface area contributed by atoms with Gasteiger partial charge in [-0.1, -0.05) is 0 Å². The summed E-state index contributed by atoms with van der Waals surface area (Å²) in [5, 5.41) is 8.96. The van der Waals surface area contributed by atoms with Crippen LogP contribution in [0.25, 0.3) is 0 Å². The molecule has 0 radical (unpaired) electrons. The smallest absolute Gasteiger partial charge is 0.308 e. The molecule has 1 saturated heterocycles. The van der Waals surface area contributed by atoms with Gasteiger partial charge in [-0.3, -0.25) is 9.59 Å². The minimum atomic E-state index is -0.762. The van der Waals surface area contributed by atoms with Gasteiger partial charge in [0.2, 0.25) is 5.91 Å². The van der Waals surface area contributed by atoms with Crippen molar-refractivity contribution in [1.29, 1.82) is 0 Å². The molecule has 2 rings (SSSR count). The van der Waals surface area contributed by atoms with Gasteiger partial charge in [-0.2, -0.15) is 0 Å². The summed E-state index contributed by atoms with van der Waals surface area (Å²) in [5.41, 5.74) is 0.160. The van der Waals surface area contributed by atoms with Gasteiger partial charge in [0.25, 0.3) is 0 Å². The lowest BCUT2D eigenvalue weighted by Crippen LogP contribution is -2.46. The van der Waals surface area contributed by atoms with E-state index in [1.807, 2.05) is 0 Å². The molecule has 78 valence electrons. The Morgan fingerprint density at radius 3 is 2.50 bits per heavy atom. The number of likely N-dealkylation sites (tertiary alicyclic amines) is 1. The van der Waals surface area contributed by atoms with Gasteiger partial charge in [-0.05, 0) is 24.7 Å². The lowest BCUT2D eigenvalue weighted by molar-refractivity contribution is -0.147. The van der Waals surface area contributed by atoms with Gasteiger partial charge >= 0.3 is 5.97 Å². The van der Waals surface area contributed by atoms with E-state index in [0.29, 0.717) is 6.54 Å². The second kappa shape index (κ2) is 2.97. The molecule has 0 aromatic carbocycles. The van der Waals surface area contributed by atoms with Gasteiger partial charge < -0.3 is 10.0 Å². The third-order valence-corrected chi connectivity index (χ3v) is 3.40. The number of carbonyl (C=O) groups excluding carboxylic acids is 1. The fourth-order valence-corrected chi connectivity index (χ4v) is 2.33. The second-order valence-electron chi connectivity index (χ2n) is 4.64. The summed E-state index contributed by atoms with van der Waals surface area (Å²) < 4.78 is 0. The molecular weight excluding hydrogens is 182 g/mol. The third kappa shape index (κ3) is 1.61. The number of hydrogen-bond donors (Lipinski definition) is 1. The molecule has 1 N–H and O–H groups in total. The fraction of sp³-hybridized carbons (Fsp3) is 0.800. The SMILES string of the molecule is CC(=O)N1CC(C(=O)O)CC2(CC2)C1. The van der Waals surface area contributed by atoms with E-state index in [4.69, 9.17) is 5.11 Å². The Morgan fingerprint density at radius 2 is 2.07 bits per heavy atom. The van der Waals surface area contributed by atoms with Gasteiger partial charge in [-0.15, -0.1) is 0 Å². The molecule has 2 fully saturated rings. The molecule has 1 aliphatic heterocycles. The number of nitrogens with zero attached hydrogens (tertiary/aromatic N) is 1. The van der Waals surface area contributed by atoms with Crippen LogP contribution in [-0.2, 0) is 9.59 Å². The van der Waals surface area contributed by atoms with Crippen molar-refractivity contribution in [3.05, 3.63) is 0 Å². The van der Waals surface area contributed by atoms with Gasteiger partial charge in [0.05, 0.1) is 5.92 Å². The van der Waals surface area contributed by atoms with Gasteiger partial charge in [0.1, 0.15) is 0 Å². The largest absolute Gasteiger partial charge is 0.481 e. The highest BCUT2D eigenvalue weighted by molar-refractivity contribution is 5.76. The first-order chi connectivity index (χ1) is 6.52. The number of hydrogen-bond acceptors (Lipinski definition) is 2. The molecule has 0 aromatic rings. The van der Waals surface area contributed by atoms with Crippen LogP contribution in [0.15, 0.2) is 0 Å². The highest BCUT2D eigenvalue weighted by atomic mass is 16.4. The number of carbonyl (C=O) groups is 2. The summed E-state index contributed by atoms with van der Waals surface area (Å²) in [5.74, 6) is -1.11. The number of aliphatic carboxylic acids is 1. The maximum Gasteiger partial charge on any atom is 0.308 e. The first-order valence-corrected chi connectivity index (χ1v) is 5.01. The molecular formula is C10H15NO3. The van der Waals surface area contributed by atoms with Crippen molar-refractivity contribution in [1.82, 2.24) is 4.90 Å². The number of carboxylic acid groups (broad SMARTS) is 1. The van der Waals surface area contributed by atoms with Crippen molar-refractivity contribution < 1.29 is 14.7 Å². The molecule has 1 atom stereocenters. The summed E-state index contributed by atoms with van der Waals surface area (Å²) in [6.07, 6.45) is 2.92. The number of carboxylic acids is 1. The topological polar surface area (TPSA) is 57.6 Å². The Morgan fingerprint density at radius 1 is 1.43 bits per heavy atom. The fourth-order valence-electron chi connectivity index (χ4n) is 2.33. The second-order valence-corrected chi connectivity index (χ2v) is 4.64. The van der Waals surface area contributed by atoms with Crippen LogP contribution in [0.2, 0.25) is 0 Å². The maximum atomic E-state index is 11.2. The molecule has 0 aromatic heterocycles. The molecule has 4 nitrogen and oxygen atoms in total.